The van der Waals surface area contributed by atoms with Gasteiger partial charge in [-0.15, -0.1) is 0 Å². The molecule has 0 saturated carbocycles. The van der Waals surface area contributed by atoms with Crippen molar-refractivity contribution in [3.05, 3.63) is 0 Å². The Morgan fingerprint density at radius 3 is 2.08 bits per heavy atom. The van der Waals surface area contributed by atoms with Crippen LogP contribution in [0, 0.1) is 0 Å². The first kappa shape index (κ1) is 8.92. The van der Waals surface area contributed by atoms with Crippen LogP contribution in [0.15, 0.2) is 5.16 Å². The molecule has 0 unspecified atom stereocenters. The number of hydrogen-bond donors (Lipinski definition) is 3. The van der Waals surface area contributed by atoms with Gasteiger partial charge in [0.1, 0.15) is 5.69 Å². The smallest absolute Gasteiger partial charge is 0.191 e. The first-order valence-electron chi connectivity index (χ1n) is 3.46. The lowest BCUT2D eigenvalue weighted by molar-refractivity contribution is 0.989. The highest BCUT2D eigenvalue weighted by Crippen LogP contribution is 2.22. The van der Waals surface area contributed by atoms with Crippen LogP contribution in [0.3, 0.4) is 0 Å². The summed E-state index contributed by atoms with van der Waals surface area (Å²) in [6, 6.07) is 0. The van der Waals surface area contributed by atoms with Crippen LogP contribution in [0.5, 0.6) is 0 Å². The molecule has 0 aromatic carbocycles. The number of hydrogen-bond acceptors (Lipinski definition) is 6. The van der Waals surface area contributed by atoms with Crippen LogP contribution in [-0.2, 0) is 0 Å². The molecule has 0 saturated heterocycles. The van der Waals surface area contributed by atoms with Gasteiger partial charge in [-0.1, -0.05) is 18.7 Å². The van der Waals surface area contributed by atoms with E-state index >= 15 is 0 Å². The van der Waals surface area contributed by atoms with Gasteiger partial charge < -0.3 is 17.2 Å². The van der Waals surface area contributed by atoms with Crippen molar-refractivity contribution >= 4 is 29.1 Å². The summed E-state index contributed by atoms with van der Waals surface area (Å²) < 4.78 is 0. The molecule has 6 N–H and O–H groups in total. The van der Waals surface area contributed by atoms with Crippen LogP contribution < -0.4 is 17.2 Å². The molecule has 0 bridgehead atoms. The Kier molecular flexibility index (Phi) is 2.59. The van der Waals surface area contributed by atoms with Gasteiger partial charge >= 0.3 is 0 Å². The Hall–Kier alpha value is -1.17. The Bertz CT molecular complexity index is 264. The van der Waals surface area contributed by atoms with E-state index in [-0.39, 0.29) is 17.3 Å². The Morgan fingerprint density at radius 1 is 1.17 bits per heavy atom. The monoisotopic (exact) mass is 185 g/mol. The van der Waals surface area contributed by atoms with Crippen molar-refractivity contribution in [1.82, 2.24) is 9.97 Å². The third-order valence-corrected chi connectivity index (χ3v) is 1.99. The third-order valence-electron chi connectivity index (χ3n) is 1.26. The quantitative estimate of drug-likeness (QED) is 0.453. The number of aromatic nitrogens is 2. The molecule has 1 heterocycles. The molecule has 6 heteroatoms. The molecular weight excluding hydrogens is 174 g/mol. The molecule has 0 atom stereocenters. The SMILES string of the molecule is CCSc1nc(N)c(N)c(N)n1. The van der Waals surface area contributed by atoms with E-state index in [4.69, 9.17) is 17.2 Å². The molecule has 0 amide bonds. The molecular formula is C6H11N5S. The summed E-state index contributed by atoms with van der Waals surface area (Å²) in [6.07, 6.45) is 0. The number of anilines is 3. The van der Waals surface area contributed by atoms with E-state index in [0.29, 0.717) is 5.16 Å². The summed E-state index contributed by atoms with van der Waals surface area (Å²) in [4.78, 5) is 7.90. The Morgan fingerprint density at radius 2 is 1.67 bits per heavy atom. The maximum Gasteiger partial charge on any atom is 0.191 e. The minimum Gasteiger partial charge on any atom is -0.393 e. The van der Waals surface area contributed by atoms with Crippen molar-refractivity contribution in [3.63, 3.8) is 0 Å². The van der Waals surface area contributed by atoms with Crippen LogP contribution in [0.2, 0.25) is 0 Å². The van der Waals surface area contributed by atoms with E-state index in [2.05, 4.69) is 9.97 Å². The second-order valence-electron chi connectivity index (χ2n) is 2.12. The van der Waals surface area contributed by atoms with E-state index in [1.165, 1.54) is 11.8 Å². The van der Waals surface area contributed by atoms with Gasteiger partial charge in [0.25, 0.3) is 0 Å². The van der Waals surface area contributed by atoms with Crippen molar-refractivity contribution < 1.29 is 0 Å². The number of rotatable bonds is 2. The molecule has 5 nitrogen and oxygen atoms in total. The summed E-state index contributed by atoms with van der Waals surface area (Å²) in [5.41, 5.74) is 16.7. The van der Waals surface area contributed by atoms with Gasteiger partial charge in [0.15, 0.2) is 16.8 Å². The lowest BCUT2D eigenvalue weighted by atomic mass is 10.4. The van der Waals surface area contributed by atoms with E-state index in [9.17, 15) is 0 Å². The second-order valence-corrected chi connectivity index (χ2v) is 3.35. The first-order chi connectivity index (χ1) is 5.65. The van der Waals surface area contributed by atoms with Crippen molar-refractivity contribution in [2.24, 2.45) is 0 Å². The summed E-state index contributed by atoms with van der Waals surface area (Å²) in [5, 5.41) is 0.571. The summed E-state index contributed by atoms with van der Waals surface area (Å²) in [6.45, 7) is 2.00. The number of nitrogens with zero attached hydrogens (tertiary/aromatic N) is 2. The summed E-state index contributed by atoms with van der Waals surface area (Å²) >= 11 is 1.47. The lowest BCUT2D eigenvalue weighted by Gasteiger charge is -2.04. The Labute approximate surface area is 74.7 Å². The minimum absolute atomic E-state index is 0.249. The van der Waals surface area contributed by atoms with Crippen LogP contribution >= 0.6 is 11.8 Å². The topological polar surface area (TPSA) is 104 Å². The molecule has 12 heavy (non-hydrogen) atoms. The highest BCUT2D eigenvalue weighted by Gasteiger charge is 2.05. The summed E-state index contributed by atoms with van der Waals surface area (Å²) in [7, 11) is 0. The van der Waals surface area contributed by atoms with Gasteiger partial charge in [-0.3, -0.25) is 0 Å². The predicted octanol–water partition coefficient (Wildman–Crippen LogP) is 0.335. The van der Waals surface area contributed by atoms with Gasteiger partial charge in [-0.25, -0.2) is 9.97 Å². The first-order valence-corrected chi connectivity index (χ1v) is 4.45. The van der Waals surface area contributed by atoms with E-state index < -0.39 is 0 Å². The molecule has 0 radical (unpaired) electrons. The average Bonchev–Trinajstić information content (AvgIpc) is 2.01. The van der Waals surface area contributed by atoms with Gasteiger partial charge in [0.05, 0.1) is 0 Å². The van der Waals surface area contributed by atoms with Crippen molar-refractivity contribution in [3.8, 4) is 0 Å². The fourth-order valence-corrected chi connectivity index (χ4v) is 1.26. The maximum atomic E-state index is 5.48. The van der Waals surface area contributed by atoms with Crippen molar-refractivity contribution in [1.29, 1.82) is 0 Å². The minimum atomic E-state index is 0.249. The van der Waals surface area contributed by atoms with Crippen LogP contribution in [0.25, 0.3) is 0 Å². The van der Waals surface area contributed by atoms with Crippen molar-refractivity contribution in [2.75, 3.05) is 23.0 Å². The van der Waals surface area contributed by atoms with E-state index in [0.717, 1.165) is 5.75 Å². The maximum absolute atomic E-state index is 5.48. The van der Waals surface area contributed by atoms with Gasteiger partial charge in [-0.2, -0.15) is 0 Å². The van der Waals surface area contributed by atoms with E-state index in [1.54, 1.807) is 0 Å². The van der Waals surface area contributed by atoms with Crippen LogP contribution in [0.1, 0.15) is 6.92 Å². The molecule has 1 aromatic heterocycles. The fourth-order valence-electron chi connectivity index (χ4n) is 0.676. The standard InChI is InChI=1S/C6H11N5S/c1-2-12-6-10-4(8)3(7)5(9)11-6/h2,7H2,1H3,(H4,8,9,10,11). The summed E-state index contributed by atoms with van der Waals surface area (Å²) in [5.74, 6) is 1.37. The zero-order valence-corrected chi connectivity index (χ0v) is 7.56. The average molecular weight is 185 g/mol. The largest absolute Gasteiger partial charge is 0.393 e. The molecule has 0 aliphatic rings. The number of nitrogen functional groups attached to an aromatic ring is 3. The predicted molar refractivity (Wildman–Crippen MR) is 51.7 cm³/mol. The van der Waals surface area contributed by atoms with Gasteiger partial charge in [0, 0.05) is 0 Å². The lowest BCUT2D eigenvalue weighted by Crippen LogP contribution is -2.06. The molecule has 0 spiro atoms. The van der Waals surface area contributed by atoms with Gasteiger partial charge in [0.2, 0.25) is 0 Å². The normalized spacial score (nSPS) is 10.1. The highest BCUT2D eigenvalue weighted by atomic mass is 32.2. The van der Waals surface area contributed by atoms with E-state index in [1.807, 2.05) is 6.92 Å². The second kappa shape index (κ2) is 3.48. The molecule has 1 aromatic rings. The fraction of sp³-hybridized carbons (Fsp3) is 0.333. The molecule has 0 aliphatic heterocycles. The van der Waals surface area contributed by atoms with Crippen LogP contribution in [-0.4, -0.2) is 15.7 Å². The van der Waals surface area contributed by atoms with Crippen molar-refractivity contribution in [2.45, 2.75) is 12.1 Å². The zero-order valence-electron chi connectivity index (χ0n) is 6.74. The van der Waals surface area contributed by atoms with Crippen LogP contribution in [0.4, 0.5) is 17.3 Å². The molecule has 1 rings (SSSR count). The third kappa shape index (κ3) is 1.70. The Balaban J connectivity index is 3.04. The number of nitrogens with two attached hydrogens (primary N) is 3. The molecule has 0 fully saturated rings. The zero-order chi connectivity index (χ0) is 9.14. The highest BCUT2D eigenvalue weighted by molar-refractivity contribution is 7.99. The number of thioether (sulfide) groups is 1. The molecule has 66 valence electrons. The van der Waals surface area contributed by atoms with Gasteiger partial charge in [-0.05, 0) is 5.75 Å². The molecule has 0 aliphatic carbocycles.